The highest BCUT2D eigenvalue weighted by molar-refractivity contribution is 6.20. The van der Waals surface area contributed by atoms with E-state index in [2.05, 4.69) is 4.98 Å². The number of carbonyl (C=O) groups is 3. The Kier molecular flexibility index (Phi) is 2.56. The number of fused-ring (bicyclic) bond motifs is 2. The molecule has 2 fully saturated rings. The third-order valence-electron chi connectivity index (χ3n) is 3.24. The smallest absolute Gasteiger partial charge is 0.337 e. The number of hydrogen-bond acceptors (Lipinski definition) is 5. The maximum Gasteiger partial charge on any atom is 0.337 e. The molecule has 2 aliphatic rings. The first-order chi connectivity index (χ1) is 9.08. The number of aromatic carboxylic acids is 1. The van der Waals surface area contributed by atoms with Gasteiger partial charge in [-0.3, -0.25) is 14.6 Å². The fourth-order valence-electron chi connectivity index (χ4n) is 2.32. The van der Waals surface area contributed by atoms with Crippen LogP contribution < -0.4 is 4.90 Å². The number of morpholine rings is 1. The van der Waals surface area contributed by atoms with E-state index in [9.17, 15) is 14.4 Å². The number of nitrogens with zero attached hydrogens (tertiary/aromatic N) is 2. The maximum absolute atomic E-state index is 12.1. The Hall–Kier alpha value is -2.28. The predicted octanol–water partition coefficient (Wildman–Crippen LogP) is 0.201. The average molecular weight is 262 g/mol. The number of amides is 2. The van der Waals surface area contributed by atoms with E-state index < -0.39 is 30.0 Å². The SMILES string of the molecule is O=C(O)c1cncc(N2C(=O)C3CCC(O3)C2=O)c1. The number of carboxylic acids is 1. The summed E-state index contributed by atoms with van der Waals surface area (Å²) >= 11 is 0. The summed E-state index contributed by atoms with van der Waals surface area (Å²) in [6, 6.07) is 1.26. The number of anilines is 1. The molecule has 2 bridgehead atoms. The van der Waals surface area contributed by atoms with Crippen molar-refractivity contribution in [2.24, 2.45) is 0 Å². The third kappa shape index (κ3) is 1.78. The highest BCUT2D eigenvalue weighted by atomic mass is 16.5. The zero-order valence-corrected chi connectivity index (χ0v) is 9.78. The molecule has 0 radical (unpaired) electrons. The van der Waals surface area contributed by atoms with Crippen LogP contribution in [0.3, 0.4) is 0 Å². The molecule has 0 saturated carbocycles. The summed E-state index contributed by atoms with van der Waals surface area (Å²) in [4.78, 5) is 39.8. The van der Waals surface area contributed by atoms with Crippen molar-refractivity contribution in [3.8, 4) is 0 Å². The van der Waals surface area contributed by atoms with Crippen LogP contribution in [0, 0.1) is 0 Å². The Bertz CT molecular complexity index is 563. The monoisotopic (exact) mass is 262 g/mol. The Morgan fingerprint density at radius 3 is 2.47 bits per heavy atom. The summed E-state index contributed by atoms with van der Waals surface area (Å²) in [6.07, 6.45) is 2.26. The van der Waals surface area contributed by atoms with Crippen LogP contribution in [-0.2, 0) is 14.3 Å². The lowest BCUT2D eigenvalue weighted by molar-refractivity contribution is -0.146. The van der Waals surface area contributed by atoms with Gasteiger partial charge >= 0.3 is 5.97 Å². The van der Waals surface area contributed by atoms with Crippen LogP contribution >= 0.6 is 0 Å². The van der Waals surface area contributed by atoms with E-state index in [-0.39, 0.29) is 11.3 Å². The highest BCUT2D eigenvalue weighted by Crippen LogP contribution is 2.31. The molecule has 7 nitrogen and oxygen atoms in total. The van der Waals surface area contributed by atoms with Gasteiger partial charge in [-0.25, -0.2) is 9.69 Å². The van der Waals surface area contributed by atoms with E-state index in [0.717, 1.165) is 11.1 Å². The van der Waals surface area contributed by atoms with E-state index in [0.29, 0.717) is 12.8 Å². The molecule has 0 aliphatic carbocycles. The fraction of sp³-hybridized carbons (Fsp3) is 0.333. The standard InChI is InChI=1S/C12H10N2O5/c15-10-8-1-2-9(19-8)11(16)14(10)7-3-6(12(17)18)4-13-5-7/h3-5,8-9H,1-2H2,(H,17,18). The minimum absolute atomic E-state index is 0.0723. The Morgan fingerprint density at radius 1 is 1.26 bits per heavy atom. The Morgan fingerprint density at radius 2 is 1.89 bits per heavy atom. The van der Waals surface area contributed by atoms with E-state index in [1.807, 2.05) is 0 Å². The minimum Gasteiger partial charge on any atom is -0.478 e. The molecule has 2 saturated heterocycles. The number of imide groups is 1. The quantitative estimate of drug-likeness (QED) is 0.765. The lowest BCUT2D eigenvalue weighted by atomic mass is 10.2. The van der Waals surface area contributed by atoms with Crippen LogP contribution in [0.2, 0.25) is 0 Å². The molecule has 2 atom stereocenters. The number of pyridine rings is 1. The van der Waals surface area contributed by atoms with Crippen molar-refractivity contribution in [1.29, 1.82) is 0 Å². The highest BCUT2D eigenvalue weighted by Gasteiger charge is 2.47. The third-order valence-corrected chi connectivity index (χ3v) is 3.24. The van der Waals surface area contributed by atoms with Gasteiger partial charge in [0.1, 0.15) is 12.2 Å². The molecule has 1 aromatic rings. The van der Waals surface area contributed by atoms with Crippen molar-refractivity contribution in [3.05, 3.63) is 24.0 Å². The van der Waals surface area contributed by atoms with Crippen LogP contribution in [0.1, 0.15) is 23.2 Å². The topological polar surface area (TPSA) is 96.8 Å². The van der Waals surface area contributed by atoms with Crippen LogP contribution in [-0.4, -0.2) is 40.1 Å². The summed E-state index contributed by atoms with van der Waals surface area (Å²) in [5.41, 5.74) is 0.104. The molecule has 3 heterocycles. The van der Waals surface area contributed by atoms with E-state index in [1.54, 1.807) is 0 Å². The second-order valence-corrected chi connectivity index (χ2v) is 4.44. The van der Waals surface area contributed by atoms with Crippen molar-refractivity contribution < 1.29 is 24.2 Å². The van der Waals surface area contributed by atoms with Crippen molar-refractivity contribution in [2.45, 2.75) is 25.0 Å². The number of rotatable bonds is 2. The molecular weight excluding hydrogens is 252 g/mol. The predicted molar refractivity (Wildman–Crippen MR) is 61.6 cm³/mol. The van der Waals surface area contributed by atoms with Gasteiger partial charge in [0, 0.05) is 6.20 Å². The first-order valence-corrected chi connectivity index (χ1v) is 5.79. The number of hydrogen-bond donors (Lipinski definition) is 1. The molecule has 0 aromatic carbocycles. The Balaban J connectivity index is 2.01. The molecule has 7 heteroatoms. The molecule has 2 unspecified atom stereocenters. The Labute approximate surface area is 107 Å². The summed E-state index contributed by atoms with van der Waals surface area (Å²) in [7, 11) is 0. The molecule has 1 N–H and O–H groups in total. The van der Waals surface area contributed by atoms with Gasteiger partial charge < -0.3 is 9.84 Å². The molecule has 3 rings (SSSR count). The number of carboxylic acid groups (broad SMARTS) is 1. The van der Waals surface area contributed by atoms with E-state index >= 15 is 0 Å². The second kappa shape index (κ2) is 4.13. The van der Waals surface area contributed by atoms with Gasteiger partial charge in [-0.15, -0.1) is 0 Å². The molecule has 98 valence electrons. The van der Waals surface area contributed by atoms with Gasteiger partial charge in [-0.2, -0.15) is 0 Å². The van der Waals surface area contributed by atoms with Crippen LogP contribution in [0.15, 0.2) is 18.5 Å². The fourth-order valence-corrected chi connectivity index (χ4v) is 2.32. The summed E-state index contributed by atoms with van der Waals surface area (Å²) in [5.74, 6) is -2.07. The zero-order valence-electron chi connectivity index (χ0n) is 9.78. The first-order valence-electron chi connectivity index (χ1n) is 5.79. The van der Waals surface area contributed by atoms with Gasteiger partial charge in [0.15, 0.2) is 0 Å². The maximum atomic E-state index is 12.1. The van der Waals surface area contributed by atoms with Crippen molar-refractivity contribution in [2.75, 3.05) is 4.90 Å². The molecule has 1 aromatic heterocycles. The van der Waals surface area contributed by atoms with Gasteiger partial charge in [0.25, 0.3) is 11.8 Å². The lowest BCUT2D eigenvalue weighted by Crippen LogP contribution is -2.52. The van der Waals surface area contributed by atoms with Gasteiger partial charge in [-0.05, 0) is 18.9 Å². The van der Waals surface area contributed by atoms with Crippen molar-refractivity contribution >= 4 is 23.5 Å². The molecular formula is C12H10N2O5. The van der Waals surface area contributed by atoms with Gasteiger partial charge in [0.05, 0.1) is 17.4 Å². The van der Waals surface area contributed by atoms with Crippen molar-refractivity contribution in [1.82, 2.24) is 4.98 Å². The molecule has 19 heavy (non-hydrogen) atoms. The average Bonchev–Trinajstić information content (AvgIpc) is 2.84. The van der Waals surface area contributed by atoms with Gasteiger partial charge in [-0.1, -0.05) is 0 Å². The van der Waals surface area contributed by atoms with Crippen LogP contribution in [0.25, 0.3) is 0 Å². The van der Waals surface area contributed by atoms with Gasteiger partial charge in [0.2, 0.25) is 0 Å². The molecule has 2 aliphatic heterocycles. The summed E-state index contributed by atoms with van der Waals surface area (Å²) in [5, 5.41) is 8.90. The number of carbonyl (C=O) groups excluding carboxylic acids is 2. The summed E-state index contributed by atoms with van der Waals surface area (Å²) < 4.78 is 5.27. The van der Waals surface area contributed by atoms with Crippen LogP contribution in [0.4, 0.5) is 5.69 Å². The minimum atomic E-state index is -1.16. The normalized spacial score (nSPS) is 25.8. The first kappa shape index (κ1) is 11.8. The second-order valence-electron chi connectivity index (χ2n) is 4.44. The van der Waals surface area contributed by atoms with E-state index in [4.69, 9.17) is 9.84 Å². The molecule has 2 amide bonds. The molecule has 0 spiro atoms. The number of aromatic nitrogens is 1. The summed E-state index contributed by atoms with van der Waals surface area (Å²) in [6.45, 7) is 0. The largest absolute Gasteiger partial charge is 0.478 e. The lowest BCUT2D eigenvalue weighted by Gasteiger charge is -2.29. The number of ether oxygens (including phenoxy) is 1. The van der Waals surface area contributed by atoms with Crippen LogP contribution in [0.5, 0.6) is 0 Å². The zero-order chi connectivity index (χ0) is 13.6. The van der Waals surface area contributed by atoms with E-state index in [1.165, 1.54) is 12.3 Å². The van der Waals surface area contributed by atoms with Crippen molar-refractivity contribution in [3.63, 3.8) is 0 Å².